The maximum atomic E-state index is 11.9. The highest BCUT2D eigenvalue weighted by atomic mass is 35.5. The number of rotatable bonds is 5. The van der Waals surface area contributed by atoms with Gasteiger partial charge in [-0.1, -0.05) is 23.6 Å². The number of nitrogens with one attached hydrogen (secondary N) is 2. The first-order chi connectivity index (χ1) is 11.1. The van der Waals surface area contributed by atoms with Crippen LogP contribution in [0.5, 0.6) is 0 Å². The third-order valence-corrected chi connectivity index (χ3v) is 3.31. The van der Waals surface area contributed by atoms with Gasteiger partial charge in [0.25, 0.3) is 5.91 Å². The molecule has 5 heteroatoms. The fourth-order valence-electron chi connectivity index (χ4n) is 1.90. The molecule has 0 aromatic heterocycles. The van der Waals surface area contributed by atoms with Crippen LogP contribution in [0.3, 0.4) is 0 Å². The predicted molar refractivity (Wildman–Crippen MR) is 91.4 cm³/mol. The van der Waals surface area contributed by atoms with Gasteiger partial charge < -0.3 is 10.6 Å². The van der Waals surface area contributed by atoms with E-state index >= 15 is 0 Å². The quantitative estimate of drug-likeness (QED) is 0.830. The molecule has 0 unspecified atom stereocenters. The monoisotopic (exact) mass is 326 g/mol. The van der Waals surface area contributed by atoms with Crippen LogP contribution in [0.15, 0.2) is 48.5 Å². The number of carbonyl (C=O) groups excluding carboxylic acids is 2. The molecule has 0 aliphatic heterocycles. The summed E-state index contributed by atoms with van der Waals surface area (Å²) in [5.41, 5.74) is 1.82. The van der Waals surface area contributed by atoms with E-state index in [2.05, 4.69) is 16.6 Å². The summed E-state index contributed by atoms with van der Waals surface area (Å²) >= 11 is 5.76. The van der Waals surface area contributed by atoms with E-state index in [0.29, 0.717) is 21.8 Å². The van der Waals surface area contributed by atoms with Crippen molar-refractivity contribution >= 4 is 29.1 Å². The first kappa shape index (κ1) is 16.6. The summed E-state index contributed by atoms with van der Waals surface area (Å²) in [6.07, 6.45) is 5.48. The number of amides is 2. The Balaban J connectivity index is 1.79. The minimum absolute atomic E-state index is 0.166. The van der Waals surface area contributed by atoms with Crippen LogP contribution in [0.1, 0.15) is 22.3 Å². The third kappa shape index (κ3) is 5.17. The van der Waals surface area contributed by atoms with Crippen LogP contribution in [0, 0.1) is 12.3 Å². The maximum absolute atomic E-state index is 11.9. The van der Waals surface area contributed by atoms with E-state index < -0.39 is 0 Å². The van der Waals surface area contributed by atoms with Gasteiger partial charge in [-0.3, -0.25) is 9.59 Å². The van der Waals surface area contributed by atoms with Crippen molar-refractivity contribution in [2.45, 2.75) is 6.42 Å². The predicted octanol–water partition coefficient (Wildman–Crippen LogP) is 3.08. The molecule has 0 aliphatic rings. The average molecular weight is 327 g/mol. The second-order valence-electron chi connectivity index (χ2n) is 4.79. The van der Waals surface area contributed by atoms with E-state index in [0.717, 1.165) is 0 Å². The van der Waals surface area contributed by atoms with E-state index in [4.69, 9.17) is 18.0 Å². The molecule has 0 spiro atoms. The van der Waals surface area contributed by atoms with Gasteiger partial charge in [-0.15, -0.1) is 6.42 Å². The number of carbonyl (C=O) groups is 2. The molecule has 0 saturated heterocycles. The highest BCUT2D eigenvalue weighted by Gasteiger charge is 2.07. The molecule has 2 N–H and O–H groups in total. The zero-order valence-electron chi connectivity index (χ0n) is 12.3. The van der Waals surface area contributed by atoms with Crippen molar-refractivity contribution in [1.29, 1.82) is 0 Å². The Hall–Kier alpha value is -2.77. The third-order valence-electron chi connectivity index (χ3n) is 3.06. The molecule has 2 aromatic rings. The second kappa shape index (κ2) is 8.02. The SMILES string of the molecule is C#Cc1cccc(NC(=O)CCNC(=O)c2ccc(Cl)cc2)c1. The number of halogens is 1. The second-order valence-corrected chi connectivity index (χ2v) is 5.22. The summed E-state index contributed by atoms with van der Waals surface area (Å²) in [7, 11) is 0. The van der Waals surface area contributed by atoms with Crippen molar-refractivity contribution in [2.24, 2.45) is 0 Å². The van der Waals surface area contributed by atoms with Crippen molar-refractivity contribution in [3.8, 4) is 12.3 Å². The van der Waals surface area contributed by atoms with Gasteiger partial charge in [0.2, 0.25) is 5.91 Å². The molecular weight excluding hydrogens is 312 g/mol. The Morgan fingerprint density at radius 1 is 1.13 bits per heavy atom. The number of anilines is 1. The highest BCUT2D eigenvalue weighted by molar-refractivity contribution is 6.30. The largest absolute Gasteiger partial charge is 0.352 e. The molecular formula is C18H15ClN2O2. The van der Waals surface area contributed by atoms with Crippen molar-refractivity contribution < 1.29 is 9.59 Å². The molecule has 0 radical (unpaired) electrons. The minimum Gasteiger partial charge on any atom is -0.352 e. The van der Waals surface area contributed by atoms with Crippen molar-refractivity contribution in [1.82, 2.24) is 5.32 Å². The Kier molecular flexibility index (Phi) is 5.79. The first-order valence-corrected chi connectivity index (χ1v) is 7.36. The van der Waals surface area contributed by atoms with Gasteiger partial charge in [-0.05, 0) is 42.5 Å². The smallest absolute Gasteiger partial charge is 0.251 e. The summed E-state index contributed by atoms with van der Waals surface area (Å²) in [6.45, 7) is 0.238. The number of terminal acetylenes is 1. The lowest BCUT2D eigenvalue weighted by atomic mass is 10.2. The van der Waals surface area contributed by atoms with Crippen molar-refractivity contribution in [2.75, 3.05) is 11.9 Å². The molecule has 2 aromatic carbocycles. The summed E-state index contributed by atoms with van der Waals surface area (Å²) in [5, 5.41) is 5.98. The molecule has 0 bridgehead atoms. The van der Waals surface area contributed by atoms with Crippen LogP contribution in [-0.2, 0) is 4.79 Å². The van der Waals surface area contributed by atoms with Gasteiger partial charge in [0, 0.05) is 34.8 Å². The van der Waals surface area contributed by atoms with Gasteiger partial charge in [0.1, 0.15) is 0 Å². The molecule has 2 rings (SSSR count). The Labute approximate surface area is 139 Å². The van der Waals surface area contributed by atoms with E-state index in [-0.39, 0.29) is 24.8 Å². The topological polar surface area (TPSA) is 58.2 Å². The zero-order chi connectivity index (χ0) is 16.7. The normalized spacial score (nSPS) is 9.74. The van der Waals surface area contributed by atoms with Gasteiger partial charge in [0.05, 0.1) is 0 Å². The Morgan fingerprint density at radius 3 is 2.57 bits per heavy atom. The van der Waals surface area contributed by atoms with E-state index in [1.807, 2.05) is 0 Å². The lowest BCUT2D eigenvalue weighted by Gasteiger charge is -2.07. The van der Waals surface area contributed by atoms with Crippen molar-refractivity contribution in [3.63, 3.8) is 0 Å². The molecule has 2 amide bonds. The highest BCUT2D eigenvalue weighted by Crippen LogP contribution is 2.10. The average Bonchev–Trinajstić information content (AvgIpc) is 2.55. The van der Waals surface area contributed by atoms with Crippen LogP contribution in [0.4, 0.5) is 5.69 Å². The lowest BCUT2D eigenvalue weighted by molar-refractivity contribution is -0.116. The van der Waals surface area contributed by atoms with Gasteiger partial charge in [-0.25, -0.2) is 0 Å². The number of benzene rings is 2. The number of hydrogen-bond donors (Lipinski definition) is 2. The van der Waals surface area contributed by atoms with E-state index in [1.54, 1.807) is 48.5 Å². The summed E-state index contributed by atoms with van der Waals surface area (Å²) in [6, 6.07) is 13.6. The van der Waals surface area contributed by atoms with Crippen LogP contribution >= 0.6 is 11.6 Å². The van der Waals surface area contributed by atoms with E-state index in [1.165, 1.54) is 0 Å². The minimum atomic E-state index is -0.246. The zero-order valence-corrected chi connectivity index (χ0v) is 13.1. The molecule has 0 atom stereocenters. The molecule has 0 aliphatic carbocycles. The summed E-state index contributed by atoms with van der Waals surface area (Å²) < 4.78 is 0. The molecule has 0 saturated carbocycles. The molecule has 0 heterocycles. The summed E-state index contributed by atoms with van der Waals surface area (Å²) in [5.74, 6) is 2.06. The number of hydrogen-bond acceptors (Lipinski definition) is 2. The Bertz CT molecular complexity index is 748. The maximum Gasteiger partial charge on any atom is 0.251 e. The molecule has 4 nitrogen and oxygen atoms in total. The first-order valence-electron chi connectivity index (χ1n) is 6.99. The van der Waals surface area contributed by atoms with Crippen LogP contribution < -0.4 is 10.6 Å². The Morgan fingerprint density at radius 2 is 1.87 bits per heavy atom. The molecule has 116 valence electrons. The molecule has 23 heavy (non-hydrogen) atoms. The standard InChI is InChI=1S/C18H15ClN2O2/c1-2-13-4-3-5-16(12-13)21-17(22)10-11-20-18(23)14-6-8-15(19)9-7-14/h1,3-9,12H,10-11H2,(H,20,23)(H,21,22). The van der Waals surface area contributed by atoms with Crippen molar-refractivity contribution in [3.05, 3.63) is 64.7 Å². The lowest BCUT2D eigenvalue weighted by Crippen LogP contribution is -2.27. The van der Waals surface area contributed by atoms with Crippen LogP contribution in [-0.4, -0.2) is 18.4 Å². The van der Waals surface area contributed by atoms with Crippen LogP contribution in [0.2, 0.25) is 5.02 Å². The van der Waals surface area contributed by atoms with Gasteiger partial charge in [-0.2, -0.15) is 0 Å². The van der Waals surface area contributed by atoms with Gasteiger partial charge in [0.15, 0.2) is 0 Å². The van der Waals surface area contributed by atoms with Crippen LogP contribution in [0.25, 0.3) is 0 Å². The fraction of sp³-hybridized carbons (Fsp3) is 0.111. The summed E-state index contributed by atoms with van der Waals surface area (Å²) in [4.78, 5) is 23.7. The fourth-order valence-corrected chi connectivity index (χ4v) is 2.03. The van der Waals surface area contributed by atoms with E-state index in [9.17, 15) is 9.59 Å². The van der Waals surface area contributed by atoms with Gasteiger partial charge >= 0.3 is 0 Å². The molecule has 0 fully saturated rings.